The molecule has 1 saturated heterocycles. The van der Waals surface area contributed by atoms with Gasteiger partial charge in [0.2, 0.25) is 5.91 Å². The molecule has 7 heteroatoms. The van der Waals surface area contributed by atoms with Gasteiger partial charge in [-0.15, -0.1) is 11.3 Å². The number of aromatic nitrogens is 1. The standard InChI is InChI=1S/C13H22N4O2S/c1-9-5-17(6-10(2)19-9)7-11-8-20-13(15-11)16-12(18)3-4-14/h8-10H,3-7,14H2,1-2H3,(H,15,16,18). The molecule has 1 aromatic heterocycles. The summed E-state index contributed by atoms with van der Waals surface area (Å²) >= 11 is 1.45. The van der Waals surface area contributed by atoms with Crippen molar-refractivity contribution in [3.63, 3.8) is 0 Å². The van der Waals surface area contributed by atoms with Gasteiger partial charge in [0.05, 0.1) is 17.9 Å². The van der Waals surface area contributed by atoms with E-state index in [-0.39, 0.29) is 18.1 Å². The number of hydrogen-bond acceptors (Lipinski definition) is 6. The highest BCUT2D eigenvalue weighted by Crippen LogP contribution is 2.19. The van der Waals surface area contributed by atoms with Crippen LogP contribution in [0.4, 0.5) is 5.13 Å². The minimum Gasteiger partial charge on any atom is -0.373 e. The quantitative estimate of drug-likeness (QED) is 0.849. The molecule has 0 bridgehead atoms. The number of rotatable bonds is 5. The SMILES string of the molecule is CC1CN(Cc2csc(NC(=O)CCN)n2)CC(C)O1. The van der Waals surface area contributed by atoms with Crippen molar-refractivity contribution in [2.24, 2.45) is 5.73 Å². The lowest BCUT2D eigenvalue weighted by Crippen LogP contribution is -2.44. The van der Waals surface area contributed by atoms with E-state index in [0.29, 0.717) is 18.1 Å². The van der Waals surface area contributed by atoms with Crippen LogP contribution in [0.3, 0.4) is 0 Å². The average molecular weight is 298 g/mol. The van der Waals surface area contributed by atoms with Crippen LogP contribution in [0, 0.1) is 0 Å². The third kappa shape index (κ3) is 4.52. The summed E-state index contributed by atoms with van der Waals surface area (Å²) < 4.78 is 5.71. The summed E-state index contributed by atoms with van der Waals surface area (Å²) in [6.45, 7) is 7.15. The molecule has 2 unspecified atom stereocenters. The third-order valence-electron chi connectivity index (χ3n) is 3.05. The molecule has 2 rings (SSSR count). The number of nitrogens with one attached hydrogen (secondary N) is 1. The first-order chi connectivity index (χ1) is 9.56. The Kier molecular flexibility index (Phi) is 5.47. The van der Waals surface area contributed by atoms with E-state index in [4.69, 9.17) is 10.5 Å². The van der Waals surface area contributed by atoms with Gasteiger partial charge in [-0.2, -0.15) is 0 Å². The van der Waals surface area contributed by atoms with Gasteiger partial charge in [-0.1, -0.05) is 0 Å². The van der Waals surface area contributed by atoms with E-state index in [9.17, 15) is 4.79 Å². The van der Waals surface area contributed by atoms with E-state index in [1.807, 2.05) is 5.38 Å². The number of carbonyl (C=O) groups excluding carboxylic acids is 1. The van der Waals surface area contributed by atoms with Crippen LogP contribution in [0.5, 0.6) is 0 Å². The Labute approximate surface area is 123 Å². The lowest BCUT2D eigenvalue weighted by Gasteiger charge is -2.34. The van der Waals surface area contributed by atoms with Crippen LogP contribution in [0.25, 0.3) is 0 Å². The number of anilines is 1. The highest BCUT2D eigenvalue weighted by Gasteiger charge is 2.22. The van der Waals surface area contributed by atoms with E-state index in [1.54, 1.807) is 0 Å². The molecule has 1 aliphatic rings. The molecule has 2 heterocycles. The Hall–Kier alpha value is -1.02. The van der Waals surface area contributed by atoms with E-state index in [2.05, 4.69) is 29.0 Å². The van der Waals surface area contributed by atoms with Crippen LogP contribution in [-0.2, 0) is 16.1 Å². The summed E-state index contributed by atoms with van der Waals surface area (Å²) in [4.78, 5) is 18.2. The lowest BCUT2D eigenvalue weighted by molar-refractivity contribution is -0.116. The maximum absolute atomic E-state index is 11.4. The van der Waals surface area contributed by atoms with Crippen LogP contribution in [0.2, 0.25) is 0 Å². The topological polar surface area (TPSA) is 80.5 Å². The maximum Gasteiger partial charge on any atom is 0.227 e. The molecule has 1 aromatic rings. The average Bonchev–Trinajstić information content (AvgIpc) is 2.75. The van der Waals surface area contributed by atoms with Gasteiger partial charge < -0.3 is 15.8 Å². The van der Waals surface area contributed by atoms with E-state index >= 15 is 0 Å². The Balaban J connectivity index is 1.87. The summed E-state index contributed by atoms with van der Waals surface area (Å²) in [7, 11) is 0. The number of thiazole rings is 1. The summed E-state index contributed by atoms with van der Waals surface area (Å²) in [5, 5.41) is 5.40. The minimum absolute atomic E-state index is 0.0815. The van der Waals surface area contributed by atoms with Crippen molar-refractivity contribution >= 4 is 22.4 Å². The molecule has 6 nitrogen and oxygen atoms in total. The highest BCUT2D eigenvalue weighted by atomic mass is 32.1. The summed E-state index contributed by atoms with van der Waals surface area (Å²) in [5.74, 6) is -0.0815. The Bertz CT molecular complexity index is 441. The van der Waals surface area contributed by atoms with Crippen LogP contribution in [0.15, 0.2) is 5.38 Å². The van der Waals surface area contributed by atoms with Crippen LogP contribution in [0.1, 0.15) is 26.0 Å². The van der Waals surface area contributed by atoms with Gasteiger partial charge in [-0.05, 0) is 13.8 Å². The van der Waals surface area contributed by atoms with E-state index < -0.39 is 0 Å². The van der Waals surface area contributed by atoms with Crippen molar-refractivity contribution in [2.45, 2.75) is 39.0 Å². The number of ether oxygens (including phenoxy) is 1. The van der Waals surface area contributed by atoms with Crippen LogP contribution >= 0.6 is 11.3 Å². The fourth-order valence-electron chi connectivity index (χ4n) is 2.39. The van der Waals surface area contributed by atoms with Crippen molar-refractivity contribution in [3.8, 4) is 0 Å². The van der Waals surface area contributed by atoms with Gasteiger partial charge in [-0.3, -0.25) is 9.69 Å². The molecule has 2 atom stereocenters. The first kappa shape index (κ1) is 15.4. The van der Waals surface area contributed by atoms with E-state index in [0.717, 1.165) is 25.3 Å². The number of nitrogens with zero attached hydrogens (tertiary/aromatic N) is 2. The number of nitrogens with two attached hydrogens (primary N) is 1. The van der Waals surface area contributed by atoms with Crippen LogP contribution < -0.4 is 11.1 Å². The molecule has 3 N–H and O–H groups in total. The second-order valence-electron chi connectivity index (χ2n) is 5.18. The van der Waals surface area contributed by atoms with Crippen molar-refractivity contribution in [3.05, 3.63) is 11.1 Å². The predicted molar refractivity (Wildman–Crippen MR) is 79.7 cm³/mol. The first-order valence-electron chi connectivity index (χ1n) is 6.89. The summed E-state index contributed by atoms with van der Waals surface area (Å²) in [5.41, 5.74) is 6.33. The monoisotopic (exact) mass is 298 g/mol. The zero-order valence-corrected chi connectivity index (χ0v) is 12.8. The molecule has 0 spiro atoms. The number of carbonyl (C=O) groups is 1. The lowest BCUT2D eigenvalue weighted by atomic mass is 10.2. The second-order valence-corrected chi connectivity index (χ2v) is 6.04. The Morgan fingerprint density at radius 2 is 2.25 bits per heavy atom. The molecule has 112 valence electrons. The zero-order valence-electron chi connectivity index (χ0n) is 12.0. The smallest absolute Gasteiger partial charge is 0.227 e. The minimum atomic E-state index is -0.0815. The summed E-state index contributed by atoms with van der Waals surface area (Å²) in [6, 6.07) is 0. The number of morpholine rings is 1. The van der Waals surface area contributed by atoms with Gasteiger partial charge in [0.15, 0.2) is 5.13 Å². The van der Waals surface area contributed by atoms with Crippen molar-refractivity contribution in [2.75, 3.05) is 25.0 Å². The predicted octanol–water partition coefficient (Wildman–Crippen LogP) is 1.04. The second kappa shape index (κ2) is 7.12. The van der Waals surface area contributed by atoms with Crippen molar-refractivity contribution in [1.29, 1.82) is 0 Å². The fraction of sp³-hybridized carbons (Fsp3) is 0.692. The van der Waals surface area contributed by atoms with Gasteiger partial charge in [0, 0.05) is 38.0 Å². The third-order valence-corrected chi connectivity index (χ3v) is 3.86. The molecule has 1 aliphatic heterocycles. The van der Waals surface area contributed by atoms with Gasteiger partial charge >= 0.3 is 0 Å². The molecular formula is C13H22N4O2S. The number of amides is 1. The largest absolute Gasteiger partial charge is 0.373 e. The van der Waals surface area contributed by atoms with Crippen molar-refractivity contribution in [1.82, 2.24) is 9.88 Å². The molecule has 1 fully saturated rings. The highest BCUT2D eigenvalue weighted by molar-refractivity contribution is 7.13. The number of hydrogen-bond donors (Lipinski definition) is 2. The Morgan fingerprint density at radius 1 is 1.55 bits per heavy atom. The Morgan fingerprint density at radius 3 is 2.90 bits per heavy atom. The van der Waals surface area contributed by atoms with Crippen LogP contribution in [-0.4, -0.2) is 47.6 Å². The maximum atomic E-state index is 11.4. The molecular weight excluding hydrogens is 276 g/mol. The summed E-state index contributed by atoms with van der Waals surface area (Å²) in [6.07, 6.45) is 0.829. The molecule has 1 amide bonds. The van der Waals surface area contributed by atoms with Crippen molar-refractivity contribution < 1.29 is 9.53 Å². The fourth-order valence-corrected chi connectivity index (χ4v) is 3.11. The van der Waals surface area contributed by atoms with E-state index in [1.165, 1.54) is 11.3 Å². The van der Waals surface area contributed by atoms with Gasteiger partial charge in [0.1, 0.15) is 0 Å². The molecule has 0 aromatic carbocycles. The first-order valence-corrected chi connectivity index (χ1v) is 7.77. The van der Waals surface area contributed by atoms with Gasteiger partial charge in [-0.25, -0.2) is 4.98 Å². The zero-order chi connectivity index (χ0) is 14.5. The normalized spacial score (nSPS) is 23.8. The molecule has 0 aliphatic carbocycles. The molecule has 0 saturated carbocycles. The van der Waals surface area contributed by atoms with Gasteiger partial charge in [0.25, 0.3) is 0 Å². The molecule has 20 heavy (non-hydrogen) atoms. The molecule has 0 radical (unpaired) electrons.